The zero-order valence-electron chi connectivity index (χ0n) is 28.8. The average molecular weight is 730 g/mol. The lowest BCUT2D eigenvalue weighted by atomic mass is 9.60. The number of carbonyl (C=O) groups excluding carboxylic acids is 1. The normalized spacial score (nSPS) is 25.1. The largest absolute Gasteiger partial charge is 0.349 e. The third-order valence-electron chi connectivity index (χ3n) is 12.3. The molecule has 2 aromatic heterocycles. The van der Waals surface area contributed by atoms with Gasteiger partial charge in [0, 0.05) is 90.9 Å². The number of carbonyl (C=O) groups is 1. The summed E-state index contributed by atoms with van der Waals surface area (Å²) in [6.45, 7) is 17.1. The Morgan fingerprint density at radius 1 is 1.08 bits per heavy atom. The van der Waals surface area contributed by atoms with Crippen molar-refractivity contribution in [3.63, 3.8) is 0 Å². The molecule has 2 spiro atoms. The predicted octanol–water partition coefficient (Wildman–Crippen LogP) is 5.35. The van der Waals surface area contributed by atoms with Crippen LogP contribution in [0, 0.1) is 23.7 Å². The number of benzene rings is 1. The van der Waals surface area contributed by atoms with E-state index in [2.05, 4.69) is 52.0 Å². The Balaban J connectivity index is 1.05. The zero-order chi connectivity index (χ0) is 34.7. The number of aromatic amines is 1. The standard InChI is InChI=1S/C35H46Cl2N8O3S/c1-6-28(46)42-19-35(20-42)13-24(14-35)45-22(2)29(30-25-15-38-39-27(25)11-26(36)31(30)37)32(40-45)44-9-7-23(12-33(44,3)4)16-41-17-34(18-41)8-10-43(21-34)49(5,47)48/h6,11,15,23-24H,1,7-10,12-14,16-21H2,2-5H3,(H,38,39)/t23-/m1/s1. The number of fused-ring (bicyclic) bond motifs is 1. The summed E-state index contributed by atoms with van der Waals surface area (Å²) in [4.78, 5) is 19.0. The molecule has 264 valence electrons. The van der Waals surface area contributed by atoms with Crippen molar-refractivity contribution in [1.29, 1.82) is 0 Å². The summed E-state index contributed by atoms with van der Waals surface area (Å²) in [6, 6.07) is 2.07. The van der Waals surface area contributed by atoms with Gasteiger partial charge in [-0.15, -0.1) is 0 Å². The number of amides is 1. The van der Waals surface area contributed by atoms with Crippen LogP contribution in [0.3, 0.4) is 0 Å². The Hall–Kier alpha value is -2.64. The number of aromatic nitrogens is 4. The van der Waals surface area contributed by atoms with Gasteiger partial charge in [0.2, 0.25) is 15.9 Å². The van der Waals surface area contributed by atoms with E-state index in [-0.39, 0.29) is 28.3 Å². The molecule has 0 radical (unpaired) electrons. The van der Waals surface area contributed by atoms with Crippen LogP contribution in [0.5, 0.6) is 0 Å². The number of nitrogens with zero attached hydrogens (tertiary/aromatic N) is 7. The molecular weight excluding hydrogens is 683 g/mol. The maximum absolute atomic E-state index is 12.1. The Labute approximate surface area is 298 Å². The van der Waals surface area contributed by atoms with Crippen molar-refractivity contribution in [3.8, 4) is 11.1 Å². The molecule has 1 aliphatic carbocycles. The number of rotatable bonds is 7. The van der Waals surface area contributed by atoms with Crippen LogP contribution in [0.25, 0.3) is 22.0 Å². The molecule has 3 aromatic rings. The van der Waals surface area contributed by atoms with E-state index < -0.39 is 10.0 Å². The molecule has 5 fully saturated rings. The lowest BCUT2D eigenvalue weighted by Crippen LogP contribution is -2.63. The van der Waals surface area contributed by atoms with Crippen LogP contribution >= 0.6 is 23.2 Å². The number of hydrogen-bond acceptors (Lipinski definition) is 7. The lowest BCUT2D eigenvalue weighted by molar-refractivity contribution is -0.149. The third kappa shape index (κ3) is 5.51. The smallest absolute Gasteiger partial charge is 0.245 e. The average Bonchev–Trinajstić information content (AvgIpc) is 3.70. The Bertz CT molecular complexity index is 1950. The van der Waals surface area contributed by atoms with Gasteiger partial charge in [-0.1, -0.05) is 29.8 Å². The van der Waals surface area contributed by atoms with E-state index >= 15 is 0 Å². The van der Waals surface area contributed by atoms with Crippen LogP contribution in [0.2, 0.25) is 10.0 Å². The van der Waals surface area contributed by atoms with E-state index in [4.69, 9.17) is 28.3 Å². The SMILES string of the molecule is C=CC(=O)N1CC2(CC(n3nc(N4CC[C@@H](CN5CC6(CCN(S(C)(=O)=O)C6)C5)CC4(C)C)c(-c4c(Cl)c(Cl)cc5[nH]ncc45)c3C)C2)C1. The minimum atomic E-state index is -3.13. The second-order valence-electron chi connectivity index (χ2n) is 16.4. The first-order chi connectivity index (χ1) is 23.1. The van der Waals surface area contributed by atoms with Crippen LogP contribution in [0.15, 0.2) is 24.9 Å². The lowest BCUT2D eigenvalue weighted by Gasteiger charge is -2.58. The molecule has 6 heterocycles. The van der Waals surface area contributed by atoms with E-state index in [9.17, 15) is 13.2 Å². The topological polar surface area (TPSA) is 111 Å². The molecule has 14 heteroatoms. The summed E-state index contributed by atoms with van der Waals surface area (Å²) in [7, 11) is -3.13. The maximum Gasteiger partial charge on any atom is 0.245 e. The first-order valence-electron chi connectivity index (χ1n) is 17.4. The number of piperidine rings is 1. The van der Waals surface area contributed by atoms with E-state index in [0.717, 1.165) is 105 Å². The van der Waals surface area contributed by atoms with Crippen LogP contribution in [0.4, 0.5) is 5.82 Å². The highest BCUT2D eigenvalue weighted by Crippen LogP contribution is 2.56. The second kappa shape index (κ2) is 11.4. The number of likely N-dealkylation sites (tertiary alicyclic amines) is 2. The Morgan fingerprint density at radius 3 is 2.47 bits per heavy atom. The van der Waals surface area contributed by atoms with Gasteiger partial charge in [0.1, 0.15) is 0 Å². The fourth-order valence-corrected chi connectivity index (χ4v) is 11.3. The number of nitrogens with one attached hydrogen (secondary N) is 1. The molecule has 1 amide bonds. The van der Waals surface area contributed by atoms with Gasteiger partial charge in [0.25, 0.3) is 0 Å². The Morgan fingerprint density at radius 2 is 1.82 bits per heavy atom. The highest BCUT2D eigenvalue weighted by molar-refractivity contribution is 7.88. The molecule has 1 N–H and O–H groups in total. The molecule has 4 aliphatic heterocycles. The molecular formula is C35H46Cl2N8O3S. The maximum atomic E-state index is 12.1. The van der Waals surface area contributed by atoms with Crippen molar-refractivity contribution in [2.24, 2.45) is 16.7 Å². The van der Waals surface area contributed by atoms with Gasteiger partial charge in [-0.25, -0.2) is 12.7 Å². The number of anilines is 1. The first kappa shape index (κ1) is 33.5. The summed E-state index contributed by atoms with van der Waals surface area (Å²) < 4.78 is 28.1. The fraction of sp³-hybridized carbons (Fsp3) is 0.629. The van der Waals surface area contributed by atoms with Crippen molar-refractivity contribution in [1.82, 2.24) is 34.1 Å². The molecule has 0 bridgehead atoms. The van der Waals surface area contributed by atoms with Crippen molar-refractivity contribution < 1.29 is 13.2 Å². The van der Waals surface area contributed by atoms with E-state index in [1.807, 2.05) is 17.2 Å². The monoisotopic (exact) mass is 728 g/mol. The third-order valence-corrected chi connectivity index (χ3v) is 14.3. The summed E-state index contributed by atoms with van der Waals surface area (Å²) in [5, 5.41) is 14.7. The predicted molar refractivity (Wildman–Crippen MR) is 194 cm³/mol. The number of halogens is 2. The summed E-state index contributed by atoms with van der Waals surface area (Å²) >= 11 is 13.8. The molecule has 4 saturated heterocycles. The molecule has 1 aromatic carbocycles. The van der Waals surface area contributed by atoms with Crippen LogP contribution in [-0.2, 0) is 14.8 Å². The van der Waals surface area contributed by atoms with Crippen molar-refractivity contribution in [2.45, 2.75) is 64.5 Å². The minimum absolute atomic E-state index is 0.00465. The van der Waals surface area contributed by atoms with Gasteiger partial charge in [-0.2, -0.15) is 10.2 Å². The molecule has 11 nitrogen and oxygen atoms in total. The Kier molecular flexibility index (Phi) is 7.82. The van der Waals surface area contributed by atoms with Gasteiger partial charge >= 0.3 is 0 Å². The van der Waals surface area contributed by atoms with Gasteiger partial charge in [0.15, 0.2) is 5.82 Å². The van der Waals surface area contributed by atoms with Crippen molar-refractivity contribution in [2.75, 3.05) is 63.5 Å². The van der Waals surface area contributed by atoms with Gasteiger partial charge in [-0.05, 0) is 70.9 Å². The first-order valence-corrected chi connectivity index (χ1v) is 20.0. The van der Waals surface area contributed by atoms with E-state index in [1.54, 1.807) is 4.31 Å². The summed E-state index contributed by atoms with van der Waals surface area (Å²) in [5.41, 5.74) is 3.86. The molecule has 1 atom stereocenters. The molecule has 49 heavy (non-hydrogen) atoms. The fourth-order valence-electron chi connectivity index (χ4n) is 9.95. The van der Waals surface area contributed by atoms with Crippen LogP contribution < -0.4 is 4.90 Å². The molecule has 0 unspecified atom stereocenters. The van der Waals surface area contributed by atoms with E-state index in [1.165, 1.54) is 12.3 Å². The highest BCUT2D eigenvalue weighted by atomic mass is 35.5. The number of hydrogen-bond donors (Lipinski definition) is 1. The van der Waals surface area contributed by atoms with Crippen LogP contribution in [-0.4, -0.2) is 113 Å². The quantitative estimate of drug-likeness (QED) is 0.327. The number of H-pyrrole nitrogens is 1. The molecule has 1 saturated carbocycles. The second-order valence-corrected chi connectivity index (χ2v) is 19.2. The van der Waals surface area contributed by atoms with Crippen molar-refractivity contribution >= 4 is 55.9 Å². The van der Waals surface area contributed by atoms with Gasteiger partial charge in [-0.3, -0.25) is 14.6 Å². The van der Waals surface area contributed by atoms with Gasteiger partial charge < -0.3 is 14.7 Å². The minimum Gasteiger partial charge on any atom is -0.349 e. The molecule has 5 aliphatic rings. The number of sulfonamides is 1. The van der Waals surface area contributed by atoms with Crippen LogP contribution in [0.1, 0.15) is 57.7 Å². The van der Waals surface area contributed by atoms with E-state index in [0.29, 0.717) is 29.1 Å². The van der Waals surface area contributed by atoms with Crippen molar-refractivity contribution in [3.05, 3.63) is 40.7 Å². The van der Waals surface area contributed by atoms with Gasteiger partial charge in [0.05, 0.1) is 34.1 Å². The summed E-state index contributed by atoms with van der Waals surface area (Å²) in [6.07, 6.45) is 9.51. The molecule has 8 rings (SSSR count). The summed E-state index contributed by atoms with van der Waals surface area (Å²) in [5.74, 6) is 1.47. The zero-order valence-corrected chi connectivity index (χ0v) is 31.1. The highest BCUT2D eigenvalue weighted by Gasteiger charge is 2.55.